The zero-order valence-electron chi connectivity index (χ0n) is 12.2. The van der Waals surface area contributed by atoms with Gasteiger partial charge in [0.25, 0.3) is 0 Å². The molecule has 1 saturated carbocycles. The third kappa shape index (κ3) is 3.32. The highest BCUT2D eigenvalue weighted by Crippen LogP contribution is 2.45. The number of rotatable bonds is 4. The van der Waals surface area contributed by atoms with E-state index in [1.54, 1.807) is 0 Å². The summed E-state index contributed by atoms with van der Waals surface area (Å²) in [6, 6.07) is 21.3. The van der Waals surface area contributed by atoms with Gasteiger partial charge in [-0.25, -0.2) is 0 Å². The smallest absolute Gasteiger partial charge is 0.105 e. The van der Waals surface area contributed by atoms with Crippen LogP contribution in [-0.4, -0.2) is 3.92 Å². The lowest BCUT2D eigenvalue weighted by atomic mass is 9.79. The van der Waals surface area contributed by atoms with Crippen molar-refractivity contribution in [1.29, 1.82) is 0 Å². The lowest BCUT2D eigenvalue weighted by Crippen LogP contribution is -2.41. The lowest BCUT2D eigenvalue weighted by molar-refractivity contribution is -0.0778. The Hall–Kier alpha value is -0.870. The van der Waals surface area contributed by atoms with Crippen LogP contribution in [0.5, 0.6) is 0 Å². The molecule has 0 aliphatic heterocycles. The van der Waals surface area contributed by atoms with Crippen molar-refractivity contribution in [3.05, 3.63) is 71.8 Å². The molecule has 0 saturated heterocycles. The van der Waals surface area contributed by atoms with E-state index in [0.29, 0.717) is 10.5 Å². The Morgan fingerprint density at radius 2 is 1.62 bits per heavy atom. The van der Waals surface area contributed by atoms with Crippen LogP contribution in [0.4, 0.5) is 0 Å². The molecular weight excluding hydrogens is 371 g/mol. The molecular formula is C19H21IO. The Balaban J connectivity index is 1.86. The second-order valence-corrected chi connectivity index (χ2v) is 7.25. The van der Waals surface area contributed by atoms with Crippen LogP contribution in [0.3, 0.4) is 0 Å². The van der Waals surface area contributed by atoms with E-state index in [1.807, 2.05) is 0 Å². The molecule has 0 N–H and O–H groups in total. The Morgan fingerprint density at radius 1 is 0.952 bits per heavy atom. The Bertz CT molecular complexity index is 554. The third-order valence-corrected chi connectivity index (χ3v) is 5.99. The molecule has 2 atom stereocenters. The van der Waals surface area contributed by atoms with E-state index in [2.05, 4.69) is 83.3 Å². The van der Waals surface area contributed by atoms with Crippen LogP contribution in [0, 0.1) is 0 Å². The summed E-state index contributed by atoms with van der Waals surface area (Å²) < 4.78 is 7.08. The normalized spacial score (nSPS) is 25.7. The molecule has 2 aromatic carbocycles. The maximum atomic E-state index is 6.55. The van der Waals surface area contributed by atoms with Crippen molar-refractivity contribution in [2.75, 3.05) is 0 Å². The first kappa shape index (κ1) is 15.0. The van der Waals surface area contributed by atoms with Gasteiger partial charge in [-0.15, -0.1) is 0 Å². The second kappa shape index (κ2) is 6.93. The van der Waals surface area contributed by atoms with Gasteiger partial charge in [0, 0.05) is 3.92 Å². The van der Waals surface area contributed by atoms with E-state index in [4.69, 9.17) is 4.74 Å². The lowest BCUT2D eigenvalue weighted by Gasteiger charge is -2.42. The van der Waals surface area contributed by atoms with Crippen LogP contribution >= 0.6 is 22.6 Å². The van der Waals surface area contributed by atoms with E-state index in [1.165, 1.54) is 30.4 Å². The fourth-order valence-electron chi connectivity index (χ4n) is 3.18. The van der Waals surface area contributed by atoms with Crippen LogP contribution in [0.2, 0.25) is 0 Å². The molecule has 21 heavy (non-hydrogen) atoms. The maximum Gasteiger partial charge on any atom is 0.105 e. The van der Waals surface area contributed by atoms with E-state index < -0.39 is 0 Å². The van der Waals surface area contributed by atoms with Crippen LogP contribution in [0.15, 0.2) is 60.7 Å². The fourth-order valence-corrected chi connectivity index (χ4v) is 4.47. The molecule has 2 heteroatoms. The fraction of sp³-hybridized carbons (Fsp3) is 0.368. The van der Waals surface area contributed by atoms with Gasteiger partial charge in [0.2, 0.25) is 0 Å². The molecule has 1 aliphatic carbocycles. The molecule has 0 aromatic heterocycles. The first-order valence-corrected chi connectivity index (χ1v) is 8.93. The van der Waals surface area contributed by atoms with E-state index in [-0.39, 0.29) is 5.60 Å². The minimum atomic E-state index is -0.129. The van der Waals surface area contributed by atoms with Gasteiger partial charge in [0.1, 0.15) is 5.60 Å². The number of alkyl halides is 1. The quantitative estimate of drug-likeness (QED) is 0.495. The highest BCUT2D eigenvalue weighted by atomic mass is 127. The molecule has 3 rings (SSSR count). The average Bonchev–Trinajstić information content (AvgIpc) is 2.56. The predicted molar refractivity (Wildman–Crippen MR) is 95.6 cm³/mol. The third-order valence-electron chi connectivity index (χ3n) is 4.36. The zero-order chi connectivity index (χ0) is 14.5. The van der Waals surface area contributed by atoms with Gasteiger partial charge in [-0.3, -0.25) is 0 Å². The SMILES string of the molecule is I[C@@H]1CCCC[C@]1(OCc1ccccc1)c1ccccc1. The highest BCUT2D eigenvalue weighted by molar-refractivity contribution is 14.1. The second-order valence-electron chi connectivity index (χ2n) is 5.74. The first-order valence-electron chi connectivity index (χ1n) is 7.69. The topological polar surface area (TPSA) is 9.23 Å². The highest BCUT2D eigenvalue weighted by Gasteiger charge is 2.41. The van der Waals surface area contributed by atoms with Crippen molar-refractivity contribution in [2.45, 2.75) is 41.8 Å². The first-order chi connectivity index (χ1) is 10.3. The summed E-state index contributed by atoms with van der Waals surface area (Å²) in [6.07, 6.45) is 4.93. The number of halogens is 1. The average molecular weight is 392 g/mol. The molecule has 0 amide bonds. The van der Waals surface area contributed by atoms with Gasteiger partial charge in [0.15, 0.2) is 0 Å². The number of hydrogen-bond acceptors (Lipinski definition) is 1. The van der Waals surface area contributed by atoms with Crippen molar-refractivity contribution in [3.8, 4) is 0 Å². The molecule has 0 heterocycles. The van der Waals surface area contributed by atoms with E-state index in [0.717, 1.165) is 6.42 Å². The van der Waals surface area contributed by atoms with Gasteiger partial charge in [-0.05, 0) is 24.0 Å². The zero-order valence-corrected chi connectivity index (χ0v) is 14.3. The Kier molecular flexibility index (Phi) is 4.96. The van der Waals surface area contributed by atoms with Gasteiger partial charge < -0.3 is 4.74 Å². The predicted octanol–water partition coefficient (Wildman–Crippen LogP) is 5.48. The van der Waals surface area contributed by atoms with Crippen molar-refractivity contribution in [2.24, 2.45) is 0 Å². The summed E-state index contributed by atoms with van der Waals surface area (Å²) in [7, 11) is 0. The van der Waals surface area contributed by atoms with Crippen LogP contribution in [0.1, 0.15) is 36.8 Å². The Morgan fingerprint density at radius 3 is 2.29 bits per heavy atom. The molecule has 1 fully saturated rings. The molecule has 0 unspecified atom stereocenters. The van der Waals surface area contributed by atoms with E-state index in [9.17, 15) is 0 Å². The standard InChI is InChI=1S/C19H21IO/c20-18-13-7-8-14-19(18,17-11-5-2-6-12-17)21-15-16-9-3-1-4-10-16/h1-6,9-12,18H,7-8,13-15H2/t18-,19+/m1/s1. The summed E-state index contributed by atoms with van der Waals surface area (Å²) in [5.74, 6) is 0. The van der Waals surface area contributed by atoms with Crippen LogP contribution in [-0.2, 0) is 16.9 Å². The summed E-state index contributed by atoms with van der Waals surface area (Å²) in [4.78, 5) is 0. The largest absolute Gasteiger partial charge is 0.365 e. The minimum absolute atomic E-state index is 0.129. The Labute approximate surface area is 140 Å². The van der Waals surface area contributed by atoms with Crippen LogP contribution in [0.25, 0.3) is 0 Å². The van der Waals surface area contributed by atoms with Gasteiger partial charge >= 0.3 is 0 Å². The summed E-state index contributed by atoms with van der Waals surface area (Å²) in [6.45, 7) is 0.690. The summed E-state index contributed by atoms with van der Waals surface area (Å²) >= 11 is 2.59. The molecule has 1 aliphatic rings. The van der Waals surface area contributed by atoms with Crippen molar-refractivity contribution in [1.82, 2.24) is 0 Å². The van der Waals surface area contributed by atoms with Crippen molar-refractivity contribution in [3.63, 3.8) is 0 Å². The molecule has 0 radical (unpaired) electrons. The van der Waals surface area contributed by atoms with Crippen molar-refractivity contribution < 1.29 is 4.74 Å². The molecule has 110 valence electrons. The van der Waals surface area contributed by atoms with Crippen molar-refractivity contribution >= 4 is 22.6 Å². The number of benzene rings is 2. The molecule has 1 nitrogen and oxygen atoms in total. The monoisotopic (exact) mass is 392 g/mol. The van der Waals surface area contributed by atoms with Gasteiger partial charge in [-0.1, -0.05) is 96.1 Å². The maximum absolute atomic E-state index is 6.55. The summed E-state index contributed by atoms with van der Waals surface area (Å²) in [5, 5.41) is 0. The van der Waals surface area contributed by atoms with Gasteiger partial charge in [0.05, 0.1) is 6.61 Å². The molecule has 0 spiro atoms. The molecule has 0 bridgehead atoms. The van der Waals surface area contributed by atoms with Gasteiger partial charge in [-0.2, -0.15) is 0 Å². The van der Waals surface area contributed by atoms with E-state index >= 15 is 0 Å². The summed E-state index contributed by atoms with van der Waals surface area (Å²) in [5.41, 5.74) is 2.46. The van der Waals surface area contributed by atoms with Crippen LogP contribution < -0.4 is 0 Å². The minimum Gasteiger partial charge on any atom is -0.365 e. The number of hydrogen-bond donors (Lipinski definition) is 0. The molecule has 2 aromatic rings. The number of ether oxygens (including phenoxy) is 1.